The minimum atomic E-state index is -0.116. The fraction of sp³-hybridized carbons (Fsp3) is 0.875. The molecule has 1 unspecified atom stereocenters. The summed E-state index contributed by atoms with van der Waals surface area (Å²) in [6.45, 7) is 11.1. The average molecular weight is 299 g/mol. The van der Waals surface area contributed by atoms with Gasteiger partial charge >= 0.3 is 0 Å². The summed E-state index contributed by atoms with van der Waals surface area (Å²) < 4.78 is 0. The summed E-state index contributed by atoms with van der Waals surface area (Å²) in [7, 11) is 1.68. The number of nitrogens with two attached hydrogens (primary N) is 1. The molecular formula is C16H33N3O2. The lowest BCUT2D eigenvalue weighted by Gasteiger charge is -2.31. The van der Waals surface area contributed by atoms with E-state index in [-0.39, 0.29) is 29.8 Å². The first-order chi connectivity index (χ1) is 9.57. The van der Waals surface area contributed by atoms with E-state index in [2.05, 4.69) is 26.1 Å². The minimum absolute atomic E-state index is 0.0141. The number of carbonyl (C=O) groups is 2. The van der Waals surface area contributed by atoms with E-state index < -0.39 is 0 Å². The lowest BCUT2D eigenvalue weighted by molar-refractivity contribution is -0.135. The maximum atomic E-state index is 12.1. The van der Waals surface area contributed by atoms with Gasteiger partial charge in [-0.3, -0.25) is 9.59 Å². The Morgan fingerprint density at radius 1 is 1.19 bits per heavy atom. The van der Waals surface area contributed by atoms with Crippen molar-refractivity contribution in [3.63, 3.8) is 0 Å². The zero-order chi connectivity index (χ0) is 16.6. The Morgan fingerprint density at radius 3 is 2.19 bits per heavy atom. The molecule has 0 aromatic rings. The first-order valence-corrected chi connectivity index (χ1v) is 7.81. The standard InChI is InChI=1S/C16H33N3O2/c1-12(2)18-14(20)11-19(6)15(21)8-7-13(9-10-17)16(3,4)5/h12-13H,7-11,17H2,1-6H3,(H,18,20). The van der Waals surface area contributed by atoms with Gasteiger partial charge in [0.05, 0.1) is 6.54 Å². The van der Waals surface area contributed by atoms with Crippen molar-refractivity contribution in [2.75, 3.05) is 20.1 Å². The normalized spacial score (nSPS) is 13.1. The zero-order valence-corrected chi connectivity index (χ0v) is 14.5. The largest absolute Gasteiger partial charge is 0.352 e. The minimum Gasteiger partial charge on any atom is -0.352 e. The molecule has 1 atom stereocenters. The molecular weight excluding hydrogens is 266 g/mol. The van der Waals surface area contributed by atoms with Gasteiger partial charge in [0.15, 0.2) is 0 Å². The van der Waals surface area contributed by atoms with Crippen molar-refractivity contribution >= 4 is 11.8 Å². The maximum Gasteiger partial charge on any atom is 0.239 e. The van der Waals surface area contributed by atoms with Crippen LogP contribution in [0.5, 0.6) is 0 Å². The van der Waals surface area contributed by atoms with Crippen LogP contribution in [0.1, 0.15) is 53.9 Å². The van der Waals surface area contributed by atoms with Crippen molar-refractivity contribution in [3.05, 3.63) is 0 Å². The molecule has 5 heteroatoms. The topological polar surface area (TPSA) is 75.4 Å². The second-order valence-corrected chi connectivity index (χ2v) is 7.15. The molecule has 0 rings (SSSR count). The van der Waals surface area contributed by atoms with Crippen molar-refractivity contribution in [2.45, 2.75) is 59.9 Å². The third-order valence-corrected chi connectivity index (χ3v) is 3.70. The number of likely N-dealkylation sites (N-methyl/N-ethyl adjacent to an activating group) is 1. The Balaban J connectivity index is 4.31. The maximum absolute atomic E-state index is 12.1. The van der Waals surface area contributed by atoms with Crippen LogP contribution in [-0.4, -0.2) is 42.9 Å². The lowest BCUT2D eigenvalue weighted by atomic mass is 9.76. The lowest BCUT2D eigenvalue weighted by Crippen LogP contribution is -2.41. The Kier molecular flexibility index (Phi) is 8.55. The van der Waals surface area contributed by atoms with Crippen LogP contribution < -0.4 is 11.1 Å². The second kappa shape index (κ2) is 9.03. The first kappa shape index (κ1) is 19.9. The van der Waals surface area contributed by atoms with Crippen molar-refractivity contribution in [3.8, 4) is 0 Å². The molecule has 0 fully saturated rings. The van der Waals surface area contributed by atoms with E-state index in [9.17, 15) is 9.59 Å². The molecule has 0 heterocycles. The molecule has 0 aromatic heterocycles. The van der Waals surface area contributed by atoms with Gasteiger partial charge in [-0.2, -0.15) is 0 Å². The van der Waals surface area contributed by atoms with Gasteiger partial charge in [0.25, 0.3) is 0 Å². The second-order valence-electron chi connectivity index (χ2n) is 7.15. The fourth-order valence-electron chi connectivity index (χ4n) is 2.37. The summed E-state index contributed by atoms with van der Waals surface area (Å²) in [5, 5.41) is 2.79. The van der Waals surface area contributed by atoms with Crippen LogP contribution in [0, 0.1) is 11.3 Å². The average Bonchev–Trinajstić information content (AvgIpc) is 2.31. The number of hydrogen-bond donors (Lipinski definition) is 2. The molecule has 0 aliphatic rings. The number of carbonyl (C=O) groups excluding carboxylic acids is 2. The van der Waals surface area contributed by atoms with Crippen molar-refractivity contribution in [1.29, 1.82) is 0 Å². The van der Waals surface area contributed by atoms with Gasteiger partial charge in [0, 0.05) is 19.5 Å². The van der Waals surface area contributed by atoms with Crippen LogP contribution >= 0.6 is 0 Å². The molecule has 0 saturated heterocycles. The Labute approximate surface area is 129 Å². The molecule has 0 aliphatic carbocycles. The third kappa shape index (κ3) is 8.71. The quantitative estimate of drug-likeness (QED) is 0.717. The molecule has 0 spiro atoms. The van der Waals surface area contributed by atoms with E-state index in [0.717, 1.165) is 12.8 Å². The Hall–Kier alpha value is -1.10. The van der Waals surface area contributed by atoms with Crippen molar-refractivity contribution in [1.82, 2.24) is 10.2 Å². The van der Waals surface area contributed by atoms with E-state index >= 15 is 0 Å². The molecule has 5 nitrogen and oxygen atoms in total. The van der Waals surface area contributed by atoms with Gasteiger partial charge in [-0.25, -0.2) is 0 Å². The highest BCUT2D eigenvalue weighted by atomic mass is 16.2. The van der Waals surface area contributed by atoms with Crippen LogP contribution in [0.4, 0.5) is 0 Å². The van der Waals surface area contributed by atoms with Crippen LogP contribution in [-0.2, 0) is 9.59 Å². The summed E-state index contributed by atoms with van der Waals surface area (Å²) in [5.74, 6) is 0.319. The zero-order valence-electron chi connectivity index (χ0n) is 14.5. The van der Waals surface area contributed by atoms with Gasteiger partial charge in [-0.15, -0.1) is 0 Å². The van der Waals surface area contributed by atoms with E-state index in [0.29, 0.717) is 18.9 Å². The molecule has 2 amide bonds. The summed E-state index contributed by atoms with van der Waals surface area (Å²) in [6, 6.07) is 0.0934. The van der Waals surface area contributed by atoms with Gasteiger partial charge in [-0.05, 0) is 44.6 Å². The van der Waals surface area contributed by atoms with Crippen molar-refractivity contribution < 1.29 is 9.59 Å². The van der Waals surface area contributed by atoms with E-state index in [4.69, 9.17) is 5.73 Å². The summed E-state index contributed by atoms with van der Waals surface area (Å²) >= 11 is 0. The highest BCUT2D eigenvalue weighted by Crippen LogP contribution is 2.32. The summed E-state index contributed by atoms with van der Waals surface area (Å²) in [6.07, 6.45) is 2.21. The van der Waals surface area contributed by atoms with Crippen LogP contribution in [0.15, 0.2) is 0 Å². The Bertz CT molecular complexity index is 335. The molecule has 0 bridgehead atoms. The number of nitrogens with one attached hydrogen (secondary N) is 1. The fourth-order valence-corrected chi connectivity index (χ4v) is 2.37. The number of rotatable bonds is 8. The monoisotopic (exact) mass is 299 g/mol. The summed E-state index contributed by atoms with van der Waals surface area (Å²) in [5.41, 5.74) is 5.80. The van der Waals surface area contributed by atoms with Crippen LogP contribution in [0.2, 0.25) is 0 Å². The SMILES string of the molecule is CC(C)NC(=O)CN(C)C(=O)CCC(CCN)C(C)(C)C. The number of nitrogens with zero attached hydrogens (tertiary/aromatic N) is 1. The predicted octanol–water partition coefficient (Wildman–Crippen LogP) is 1.76. The Morgan fingerprint density at radius 2 is 1.76 bits per heavy atom. The molecule has 124 valence electrons. The number of hydrogen-bond acceptors (Lipinski definition) is 3. The predicted molar refractivity (Wildman–Crippen MR) is 86.8 cm³/mol. The van der Waals surface area contributed by atoms with Gasteiger partial charge < -0.3 is 16.0 Å². The molecule has 21 heavy (non-hydrogen) atoms. The highest BCUT2D eigenvalue weighted by molar-refractivity contribution is 5.84. The molecule has 0 radical (unpaired) electrons. The summed E-state index contributed by atoms with van der Waals surface area (Å²) in [4.78, 5) is 25.3. The smallest absolute Gasteiger partial charge is 0.239 e. The highest BCUT2D eigenvalue weighted by Gasteiger charge is 2.25. The molecule has 0 aliphatic heterocycles. The number of amides is 2. The molecule has 0 saturated carbocycles. The molecule has 3 N–H and O–H groups in total. The third-order valence-electron chi connectivity index (χ3n) is 3.70. The van der Waals surface area contributed by atoms with Crippen molar-refractivity contribution in [2.24, 2.45) is 17.1 Å². The van der Waals surface area contributed by atoms with Crippen LogP contribution in [0.3, 0.4) is 0 Å². The van der Waals surface area contributed by atoms with Gasteiger partial charge in [0.2, 0.25) is 11.8 Å². The van der Waals surface area contributed by atoms with E-state index in [1.165, 1.54) is 4.90 Å². The molecule has 0 aromatic carbocycles. The first-order valence-electron chi connectivity index (χ1n) is 7.81. The van der Waals surface area contributed by atoms with Crippen LogP contribution in [0.25, 0.3) is 0 Å². The van der Waals surface area contributed by atoms with Gasteiger partial charge in [0.1, 0.15) is 0 Å². The van der Waals surface area contributed by atoms with Gasteiger partial charge in [-0.1, -0.05) is 20.8 Å². The van der Waals surface area contributed by atoms with E-state index in [1.807, 2.05) is 13.8 Å². The van der Waals surface area contributed by atoms with E-state index in [1.54, 1.807) is 7.05 Å².